The van der Waals surface area contributed by atoms with Gasteiger partial charge in [-0.15, -0.1) is 0 Å². The fourth-order valence-electron chi connectivity index (χ4n) is 2.79. The molecule has 0 saturated carbocycles. The molecule has 2 unspecified atom stereocenters. The number of aliphatic hydroxyl groups is 1. The maximum absolute atomic E-state index is 9.39. The maximum Gasteiger partial charge on any atom is 0.500 e. The summed E-state index contributed by atoms with van der Waals surface area (Å²) in [5.41, 5.74) is 4.50. The molecule has 1 rings (SSSR count). The molecule has 0 aromatic rings. The van der Waals surface area contributed by atoms with Gasteiger partial charge >= 0.3 is 17.6 Å². The van der Waals surface area contributed by atoms with E-state index in [-0.39, 0.29) is 7.43 Å². The first-order valence-corrected chi connectivity index (χ1v) is 15.2. The van der Waals surface area contributed by atoms with Gasteiger partial charge in [0.05, 0.1) is 25.9 Å². The second-order valence-electron chi connectivity index (χ2n) is 7.11. The number of ether oxygens (including phenoxy) is 3. The molecule has 12 nitrogen and oxygen atoms in total. The summed E-state index contributed by atoms with van der Waals surface area (Å²) in [6.45, 7) is 3.67. The van der Waals surface area contributed by atoms with E-state index < -0.39 is 23.7 Å². The molecular weight excluding hydrogens is 496 g/mol. The highest BCUT2D eigenvalue weighted by atomic mass is 28.4. The van der Waals surface area contributed by atoms with Crippen molar-refractivity contribution in [2.45, 2.75) is 44.6 Å². The van der Waals surface area contributed by atoms with E-state index in [9.17, 15) is 5.11 Å². The molecular formula is C21H54N2O10Si2. The van der Waals surface area contributed by atoms with Crippen LogP contribution in [-0.4, -0.2) is 131 Å². The highest BCUT2D eigenvalue weighted by Gasteiger charge is 2.37. The molecule has 1 saturated heterocycles. The van der Waals surface area contributed by atoms with Crippen molar-refractivity contribution in [3.05, 3.63) is 0 Å². The Morgan fingerprint density at radius 1 is 0.857 bits per heavy atom. The number of nitrogens with one attached hydrogen (secondary N) is 1. The molecule has 1 aliphatic rings. The normalized spacial score (nSPS) is 15.8. The number of hydrogen-bond acceptors (Lipinski definition) is 12. The average molecular weight is 551 g/mol. The minimum atomic E-state index is -2.46. The van der Waals surface area contributed by atoms with Crippen LogP contribution in [0.2, 0.25) is 12.1 Å². The summed E-state index contributed by atoms with van der Waals surface area (Å²) < 4.78 is 47.5. The van der Waals surface area contributed by atoms with Gasteiger partial charge in [0.2, 0.25) is 0 Å². The highest BCUT2D eigenvalue weighted by molar-refractivity contribution is 6.60. The first kappa shape index (κ1) is 39.5. The van der Waals surface area contributed by atoms with Gasteiger partial charge in [-0.3, -0.25) is 0 Å². The van der Waals surface area contributed by atoms with Gasteiger partial charge in [-0.2, -0.15) is 0 Å². The van der Waals surface area contributed by atoms with E-state index in [0.717, 1.165) is 25.5 Å². The van der Waals surface area contributed by atoms with E-state index >= 15 is 0 Å². The Morgan fingerprint density at radius 3 is 1.60 bits per heavy atom. The minimum Gasteiger partial charge on any atom is -0.389 e. The van der Waals surface area contributed by atoms with Crippen LogP contribution in [0.15, 0.2) is 0 Å². The van der Waals surface area contributed by atoms with E-state index in [1.807, 2.05) is 0 Å². The van der Waals surface area contributed by atoms with Crippen LogP contribution in [-0.2, 0) is 40.8 Å². The minimum absolute atomic E-state index is 0. The summed E-state index contributed by atoms with van der Waals surface area (Å²) in [7, 11) is 8.09. The third-order valence-corrected chi connectivity index (χ3v) is 10.5. The van der Waals surface area contributed by atoms with E-state index in [1.54, 1.807) is 49.7 Å². The number of nitrogens with two attached hydrogens (primary N) is 1. The molecule has 35 heavy (non-hydrogen) atoms. The molecule has 1 fully saturated rings. The summed E-state index contributed by atoms with van der Waals surface area (Å²) in [5, 5.41) is 12.3. The van der Waals surface area contributed by atoms with Crippen LogP contribution < -0.4 is 11.1 Å². The maximum atomic E-state index is 9.39. The lowest BCUT2D eigenvalue weighted by atomic mass is 10.4. The van der Waals surface area contributed by atoms with Crippen LogP contribution in [0.4, 0.5) is 0 Å². The van der Waals surface area contributed by atoms with Gasteiger partial charge in [0, 0.05) is 74.5 Å². The van der Waals surface area contributed by atoms with Crippen LogP contribution >= 0.6 is 0 Å². The largest absolute Gasteiger partial charge is 0.500 e. The quantitative estimate of drug-likeness (QED) is 0.112. The fraction of sp³-hybridized carbons (Fsp3) is 1.00. The third-order valence-electron chi connectivity index (χ3n) is 4.87. The van der Waals surface area contributed by atoms with Crippen LogP contribution in [0.3, 0.4) is 0 Å². The lowest BCUT2D eigenvalue weighted by Gasteiger charge is -2.24. The monoisotopic (exact) mass is 550 g/mol. The lowest BCUT2D eigenvalue weighted by molar-refractivity contribution is 0.0361. The molecule has 0 spiro atoms. The number of epoxide rings is 1. The highest BCUT2D eigenvalue weighted by Crippen LogP contribution is 2.16. The molecule has 2 atom stereocenters. The zero-order valence-corrected chi connectivity index (χ0v) is 24.4. The summed E-state index contributed by atoms with van der Waals surface area (Å²) in [4.78, 5) is 0. The van der Waals surface area contributed by atoms with Crippen molar-refractivity contribution in [2.75, 3.05) is 96.3 Å². The van der Waals surface area contributed by atoms with Gasteiger partial charge in [0.25, 0.3) is 0 Å². The SMILES string of the molecule is C.CN.CNCC(O)COCCC[Si](OC)(OC)OC.CO[Si](CCCOCC1CO1)(OC)OC. The fourth-order valence-corrected chi connectivity index (χ4v) is 6.17. The second kappa shape index (κ2) is 25.6. The summed E-state index contributed by atoms with van der Waals surface area (Å²) >= 11 is 0. The summed E-state index contributed by atoms with van der Waals surface area (Å²) in [6, 6.07) is 1.49. The first-order valence-electron chi connectivity index (χ1n) is 11.4. The Labute approximate surface area is 215 Å². The Balaban J connectivity index is -0.000000534. The van der Waals surface area contributed by atoms with E-state index in [4.69, 9.17) is 40.8 Å². The standard InChI is InChI=1S/C10H25NO5Si.C9H20O5Si.CH5N.CH4/c1-11-8-10(12)9-16-6-5-7-17(13-2,14-3)15-4;1-10-15(11-2,12-3)6-4-5-13-7-9-8-14-9;1-2;/h10-12H,5-9H2,1-4H3;9H,4-8H2,1-3H3;2H2,1H3;1H4. The first-order chi connectivity index (χ1) is 16.4. The van der Waals surface area contributed by atoms with Gasteiger partial charge in [-0.05, 0) is 26.9 Å². The molecule has 4 N–H and O–H groups in total. The Kier molecular flexibility index (Phi) is 28.9. The van der Waals surface area contributed by atoms with Crippen molar-refractivity contribution in [1.82, 2.24) is 5.32 Å². The van der Waals surface area contributed by atoms with Crippen LogP contribution in [0.5, 0.6) is 0 Å². The Bertz CT molecular complexity index is 416. The molecule has 216 valence electrons. The summed E-state index contributed by atoms with van der Waals surface area (Å²) in [5.74, 6) is 0. The summed E-state index contributed by atoms with van der Waals surface area (Å²) in [6.07, 6.45) is 1.54. The van der Waals surface area contributed by atoms with Crippen molar-refractivity contribution in [2.24, 2.45) is 5.73 Å². The molecule has 0 amide bonds. The molecule has 1 heterocycles. The smallest absolute Gasteiger partial charge is 0.389 e. The van der Waals surface area contributed by atoms with E-state index in [1.165, 1.54) is 7.05 Å². The third kappa shape index (κ3) is 19.7. The van der Waals surface area contributed by atoms with E-state index in [0.29, 0.717) is 45.1 Å². The predicted octanol–water partition coefficient (Wildman–Crippen LogP) is 0.733. The Hall–Kier alpha value is -0.0462. The number of rotatable bonds is 20. The van der Waals surface area contributed by atoms with Crippen LogP contribution in [0.25, 0.3) is 0 Å². The van der Waals surface area contributed by atoms with Gasteiger partial charge < -0.3 is 56.9 Å². The van der Waals surface area contributed by atoms with Crippen molar-refractivity contribution < 1.29 is 45.9 Å². The van der Waals surface area contributed by atoms with Crippen LogP contribution in [0, 0.1) is 0 Å². The second-order valence-corrected chi connectivity index (χ2v) is 13.3. The number of likely N-dealkylation sites (N-methyl/N-ethyl adjacent to an activating group) is 1. The zero-order chi connectivity index (χ0) is 26.3. The molecule has 0 aromatic carbocycles. The Morgan fingerprint density at radius 2 is 1.26 bits per heavy atom. The molecule has 0 bridgehead atoms. The van der Waals surface area contributed by atoms with Gasteiger partial charge in [0.1, 0.15) is 6.10 Å². The molecule has 0 aliphatic carbocycles. The van der Waals surface area contributed by atoms with Crippen molar-refractivity contribution >= 4 is 17.6 Å². The predicted molar refractivity (Wildman–Crippen MR) is 141 cm³/mol. The topological polar surface area (TPSA) is 145 Å². The van der Waals surface area contributed by atoms with Crippen molar-refractivity contribution in [3.8, 4) is 0 Å². The lowest BCUT2D eigenvalue weighted by Crippen LogP contribution is -2.42. The molecule has 14 heteroatoms. The zero-order valence-electron chi connectivity index (χ0n) is 22.4. The van der Waals surface area contributed by atoms with Crippen molar-refractivity contribution in [3.63, 3.8) is 0 Å². The van der Waals surface area contributed by atoms with E-state index in [2.05, 4.69) is 11.1 Å². The average Bonchev–Trinajstić information content (AvgIpc) is 3.71. The number of hydrogen-bond donors (Lipinski definition) is 3. The van der Waals surface area contributed by atoms with Gasteiger partial charge in [0.15, 0.2) is 0 Å². The van der Waals surface area contributed by atoms with Gasteiger partial charge in [-0.25, -0.2) is 0 Å². The molecule has 0 aromatic heterocycles. The molecule has 1 aliphatic heterocycles. The van der Waals surface area contributed by atoms with Gasteiger partial charge in [-0.1, -0.05) is 7.43 Å². The van der Waals surface area contributed by atoms with Crippen LogP contribution in [0.1, 0.15) is 20.3 Å². The van der Waals surface area contributed by atoms with Crippen molar-refractivity contribution in [1.29, 1.82) is 0 Å². The molecule has 0 radical (unpaired) electrons. The number of aliphatic hydroxyl groups excluding tert-OH is 1.